The second kappa shape index (κ2) is 5.74. The third-order valence-electron chi connectivity index (χ3n) is 3.56. The van der Waals surface area contributed by atoms with Gasteiger partial charge in [-0.05, 0) is 37.1 Å². The maximum atomic E-state index is 3.47. The smallest absolute Gasteiger partial charge is 0.274 e. The van der Waals surface area contributed by atoms with Crippen LogP contribution >= 0.6 is 0 Å². The predicted octanol–water partition coefficient (Wildman–Crippen LogP) is 3.17. The van der Waals surface area contributed by atoms with E-state index >= 15 is 0 Å². The minimum Gasteiger partial charge on any atom is -0.352 e. The standard InChI is InChI=1S/C16H21N3/c1-5-13-6-8-14(9-7-13)18-15-10-11-16(17-3)19(4)12(15)2/h6-11,18H,5H2,1-4H3/p+1. The number of hydrogen-bond donors (Lipinski definition) is 2. The summed E-state index contributed by atoms with van der Waals surface area (Å²) in [6.45, 7) is 4.28. The van der Waals surface area contributed by atoms with Crippen LogP contribution in [0.2, 0.25) is 0 Å². The molecular weight excluding hydrogens is 234 g/mol. The van der Waals surface area contributed by atoms with Crippen LogP contribution in [-0.4, -0.2) is 7.05 Å². The number of nitrogens with zero attached hydrogens (tertiary/aromatic N) is 1. The van der Waals surface area contributed by atoms with Gasteiger partial charge in [-0.3, -0.25) is 5.32 Å². The van der Waals surface area contributed by atoms with Crippen molar-refractivity contribution in [3.63, 3.8) is 0 Å². The Morgan fingerprint density at radius 2 is 1.74 bits per heavy atom. The van der Waals surface area contributed by atoms with E-state index in [1.807, 2.05) is 7.05 Å². The van der Waals surface area contributed by atoms with Gasteiger partial charge >= 0.3 is 0 Å². The van der Waals surface area contributed by atoms with E-state index in [0.29, 0.717) is 0 Å². The molecule has 0 saturated heterocycles. The van der Waals surface area contributed by atoms with Crippen LogP contribution in [0.15, 0.2) is 36.4 Å². The zero-order valence-electron chi connectivity index (χ0n) is 12.1. The van der Waals surface area contributed by atoms with Crippen molar-refractivity contribution < 1.29 is 4.57 Å². The predicted molar refractivity (Wildman–Crippen MR) is 81.0 cm³/mol. The number of pyridine rings is 1. The molecule has 0 aliphatic heterocycles. The Morgan fingerprint density at radius 1 is 1.05 bits per heavy atom. The van der Waals surface area contributed by atoms with Crippen molar-refractivity contribution in [3.05, 3.63) is 47.7 Å². The van der Waals surface area contributed by atoms with E-state index in [0.717, 1.165) is 23.6 Å². The molecule has 0 atom stereocenters. The quantitative estimate of drug-likeness (QED) is 0.822. The van der Waals surface area contributed by atoms with Crippen LogP contribution in [-0.2, 0) is 13.5 Å². The number of benzene rings is 1. The molecule has 0 amide bonds. The molecule has 1 heterocycles. The lowest BCUT2D eigenvalue weighted by Gasteiger charge is -2.12. The third kappa shape index (κ3) is 2.87. The number of aryl methyl sites for hydroxylation is 1. The monoisotopic (exact) mass is 256 g/mol. The van der Waals surface area contributed by atoms with Gasteiger partial charge in [0.05, 0.1) is 19.8 Å². The highest BCUT2D eigenvalue weighted by atomic mass is 15.1. The van der Waals surface area contributed by atoms with E-state index in [1.54, 1.807) is 0 Å². The zero-order chi connectivity index (χ0) is 13.8. The van der Waals surface area contributed by atoms with Crippen LogP contribution in [0.5, 0.6) is 0 Å². The Bertz CT molecular complexity index is 559. The van der Waals surface area contributed by atoms with Crippen molar-refractivity contribution in [2.24, 2.45) is 7.05 Å². The molecule has 1 aromatic carbocycles. The van der Waals surface area contributed by atoms with Crippen LogP contribution in [0.3, 0.4) is 0 Å². The summed E-state index contributed by atoms with van der Waals surface area (Å²) in [5.41, 5.74) is 4.81. The fourth-order valence-corrected chi connectivity index (χ4v) is 2.12. The molecular formula is C16H22N3+. The second-order valence-electron chi connectivity index (χ2n) is 4.70. The van der Waals surface area contributed by atoms with Crippen LogP contribution in [0.25, 0.3) is 0 Å². The van der Waals surface area contributed by atoms with Gasteiger partial charge in [-0.2, -0.15) is 0 Å². The van der Waals surface area contributed by atoms with Crippen molar-refractivity contribution in [3.8, 4) is 0 Å². The molecule has 2 N–H and O–H groups in total. The van der Waals surface area contributed by atoms with Gasteiger partial charge in [0.15, 0.2) is 0 Å². The molecule has 0 fully saturated rings. The molecule has 0 radical (unpaired) electrons. The van der Waals surface area contributed by atoms with Gasteiger partial charge in [0, 0.05) is 11.8 Å². The molecule has 0 bridgehead atoms. The minimum atomic E-state index is 1.07. The molecule has 100 valence electrons. The molecule has 0 unspecified atom stereocenters. The average Bonchev–Trinajstić information content (AvgIpc) is 2.45. The number of aromatic nitrogens is 1. The van der Waals surface area contributed by atoms with Gasteiger partial charge < -0.3 is 5.32 Å². The molecule has 0 aliphatic rings. The normalized spacial score (nSPS) is 10.3. The first kappa shape index (κ1) is 13.4. The minimum absolute atomic E-state index is 1.07. The highest BCUT2D eigenvalue weighted by molar-refractivity contribution is 5.61. The largest absolute Gasteiger partial charge is 0.352 e. The summed E-state index contributed by atoms with van der Waals surface area (Å²) in [5.74, 6) is 1.10. The first-order valence-corrected chi connectivity index (χ1v) is 6.69. The summed E-state index contributed by atoms with van der Waals surface area (Å²) in [5, 5.41) is 6.64. The van der Waals surface area contributed by atoms with E-state index < -0.39 is 0 Å². The van der Waals surface area contributed by atoms with Crippen LogP contribution in [0, 0.1) is 6.92 Å². The Kier molecular flexibility index (Phi) is 4.05. The Hall–Kier alpha value is -2.03. The first-order chi connectivity index (χ1) is 9.15. The second-order valence-corrected chi connectivity index (χ2v) is 4.70. The Balaban J connectivity index is 2.25. The van der Waals surface area contributed by atoms with Gasteiger partial charge in [-0.15, -0.1) is 0 Å². The van der Waals surface area contributed by atoms with Crippen molar-refractivity contribution in [2.45, 2.75) is 20.3 Å². The molecule has 3 heteroatoms. The van der Waals surface area contributed by atoms with Gasteiger partial charge in [0.2, 0.25) is 0 Å². The lowest BCUT2D eigenvalue weighted by Crippen LogP contribution is -2.35. The summed E-state index contributed by atoms with van der Waals surface area (Å²) >= 11 is 0. The van der Waals surface area contributed by atoms with Crippen molar-refractivity contribution in [1.82, 2.24) is 0 Å². The van der Waals surface area contributed by atoms with Crippen LogP contribution in [0.1, 0.15) is 18.2 Å². The molecule has 3 nitrogen and oxygen atoms in total. The van der Waals surface area contributed by atoms with E-state index in [1.165, 1.54) is 11.3 Å². The molecule has 19 heavy (non-hydrogen) atoms. The third-order valence-corrected chi connectivity index (χ3v) is 3.56. The molecule has 2 rings (SSSR count). The molecule has 0 spiro atoms. The van der Waals surface area contributed by atoms with Gasteiger partial charge in [0.1, 0.15) is 5.69 Å². The average molecular weight is 256 g/mol. The number of anilines is 3. The zero-order valence-corrected chi connectivity index (χ0v) is 12.1. The maximum Gasteiger partial charge on any atom is 0.274 e. The lowest BCUT2D eigenvalue weighted by atomic mass is 10.1. The van der Waals surface area contributed by atoms with Crippen LogP contribution in [0.4, 0.5) is 17.2 Å². The van der Waals surface area contributed by atoms with Crippen LogP contribution < -0.4 is 15.2 Å². The maximum absolute atomic E-state index is 3.47. The van der Waals surface area contributed by atoms with E-state index in [9.17, 15) is 0 Å². The van der Waals surface area contributed by atoms with Crippen molar-refractivity contribution in [1.29, 1.82) is 0 Å². The van der Waals surface area contributed by atoms with E-state index in [4.69, 9.17) is 0 Å². The summed E-state index contributed by atoms with van der Waals surface area (Å²) in [6.07, 6.45) is 1.07. The summed E-state index contributed by atoms with van der Waals surface area (Å²) < 4.78 is 2.14. The first-order valence-electron chi connectivity index (χ1n) is 6.69. The Labute approximate surface area is 115 Å². The summed E-state index contributed by atoms with van der Waals surface area (Å²) in [7, 11) is 4.00. The van der Waals surface area contributed by atoms with Gasteiger partial charge in [-0.1, -0.05) is 19.1 Å². The van der Waals surface area contributed by atoms with Gasteiger partial charge in [-0.25, -0.2) is 4.57 Å². The Morgan fingerprint density at radius 3 is 2.32 bits per heavy atom. The highest BCUT2D eigenvalue weighted by Crippen LogP contribution is 2.20. The SMILES string of the molecule is CCc1ccc(Nc2ccc(NC)[n+](C)c2C)cc1. The van der Waals surface area contributed by atoms with E-state index in [-0.39, 0.29) is 0 Å². The van der Waals surface area contributed by atoms with Crippen molar-refractivity contribution in [2.75, 3.05) is 17.7 Å². The number of nitrogens with one attached hydrogen (secondary N) is 2. The lowest BCUT2D eigenvalue weighted by molar-refractivity contribution is -0.662. The summed E-state index contributed by atoms with van der Waals surface area (Å²) in [4.78, 5) is 0. The molecule has 0 aliphatic carbocycles. The summed E-state index contributed by atoms with van der Waals surface area (Å²) in [6, 6.07) is 12.8. The van der Waals surface area contributed by atoms with Crippen molar-refractivity contribution >= 4 is 17.2 Å². The topological polar surface area (TPSA) is 27.9 Å². The number of rotatable bonds is 4. The highest BCUT2D eigenvalue weighted by Gasteiger charge is 2.10. The molecule has 2 aromatic rings. The fraction of sp³-hybridized carbons (Fsp3) is 0.312. The number of hydrogen-bond acceptors (Lipinski definition) is 2. The molecule has 1 aromatic heterocycles. The van der Waals surface area contributed by atoms with E-state index in [2.05, 4.69) is 72.5 Å². The molecule has 0 saturated carbocycles. The fourth-order valence-electron chi connectivity index (χ4n) is 2.12. The van der Waals surface area contributed by atoms with Gasteiger partial charge in [0.25, 0.3) is 5.82 Å².